The van der Waals surface area contributed by atoms with Crippen LogP contribution in [0, 0.1) is 0 Å². The number of pyridine rings is 2. The molecule has 0 bridgehead atoms. The van der Waals surface area contributed by atoms with Gasteiger partial charge < -0.3 is 21.0 Å². The summed E-state index contributed by atoms with van der Waals surface area (Å²) in [4.78, 5) is 22.2. The van der Waals surface area contributed by atoms with Crippen LogP contribution in [0.4, 0.5) is 11.6 Å². The molecule has 27 heavy (non-hydrogen) atoms. The van der Waals surface area contributed by atoms with Crippen LogP contribution in [0.25, 0.3) is 22.6 Å². The van der Waals surface area contributed by atoms with E-state index in [0.29, 0.717) is 28.1 Å². The number of carbonyl (C=O) groups is 1. The number of anilines is 2. The Morgan fingerprint density at radius 1 is 1.00 bits per heavy atom. The Balaban J connectivity index is 0.000000180. The molecule has 0 fully saturated rings. The van der Waals surface area contributed by atoms with E-state index in [1.54, 1.807) is 30.5 Å². The van der Waals surface area contributed by atoms with Crippen molar-refractivity contribution >= 4 is 40.3 Å². The van der Waals surface area contributed by atoms with Crippen molar-refractivity contribution in [2.75, 3.05) is 11.5 Å². The molecule has 3 aromatic heterocycles. The van der Waals surface area contributed by atoms with Gasteiger partial charge in [-0.15, -0.1) is 0 Å². The maximum Gasteiger partial charge on any atom is 0.337 e. The number of nitrogen functional groups attached to an aromatic ring is 2. The summed E-state index contributed by atoms with van der Waals surface area (Å²) in [6, 6.07) is 11.7. The predicted octanol–water partition coefficient (Wildman–Crippen LogP) is 3.49. The van der Waals surface area contributed by atoms with Crippen LogP contribution in [-0.2, 0) is 0 Å². The molecule has 1 aromatic carbocycles. The topological polar surface area (TPSA) is 141 Å². The lowest BCUT2D eigenvalue weighted by Gasteiger charge is -1.94. The number of benzene rings is 1. The van der Waals surface area contributed by atoms with E-state index in [-0.39, 0.29) is 5.56 Å². The Morgan fingerprint density at radius 2 is 1.70 bits per heavy atom. The molecule has 3 heterocycles. The Morgan fingerprint density at radius 3 is 2.30 bits per heavy atom. The molecule has 0 radical (unpaired) electrons. The van der Waals surface area contributed by atoms with Gasteiger partial charge >= 0.3 is 5.97 Å². The average molecular weight is 384 g/mol. The molecule has 0 aliphatic heterocycles. The number of halogens is 1. The molecule has 0 aliphatic rings. The maximum absolute atomic E-state index is 10.2. The van der Waals surface area contributed by atoms with Gasteiger partial charge in [0.25, 0.3) is 0 Å². The lowest BCUT2D eigenvalue weighted by atomic mass is 10.3. The summed E-state index contributed by atoms with van der Waals surface area (Å²) in [5.41, 5.74) is 13.1. The normalized spacial score (nSPS) is 10.3. The summed E-state index contributed by atoms with van der Waals surface area (Å²) < 4.78 is 5.60. The van der Waals surface area contributed by atoms with Crippen LogP contribution in [-0.4, -0.2) is 26.0 Å². The molecule has 5 N–H and O–H groups in total. The minimum absolute atomic E-state index is 0.147. The Kier molecular flexibility index (Phi) is 5.18. The van der Waals surface area contributed by atoms with E-state index in [9.17, 15) is 4.79 Å². The number of nitrogens with two attached hydrogens (primary N) is 2. The highest BCUT2D eigenvalue weighted by molar-refractivity contribution is 6.31. The molecule has 0 spiro atoms. The number of oxazole rings is 1. The number of nitrogens with zero attached hydrogens (tertiary/aromatic N) is 3. The fourth-order valence-electron chi connectivity index (χ4n) is 2.09. The third-order valence-electron chi connectivity index (χ3n) is 3.42. The van der Waals surface area contributed by atoms with E-state index in [2.05, 4.69) is 15.0 Å². The van der Waals surface area contributed by atoms with Gasteiger partial charge in [-0.05, 0) is 42.5 Å². The zero-order chi connectivity index (χ0) is 19.4. The predicted molar refractivity (Wildman–Crippen MR) is 102 cm³/mol. The van der Waals surface area contributed by atoms with Gasteiger partial charge in [0.15, 0.2) is 5.58 Å². The van der Waals surface area contributed by atoms with Gasteiger partial charge in [-0.2, -0.15) is 0 Å². The van der Waals surface area contributed by atoms with Crippen molar-refractivity contribution in [1.29, 1.82) is 0 Å². The molecule has 0 saturated carbocycles. The van der Waals surface area contributed by atoms with Crippen molar-refractivity contribution < 1.29 is 14.3 Å². The van der Waals surface area contributed by atoms with Gasteiger partial charge in [-0.25, -0.2) is 19.7 Å². The third kappa shape index (κ3) is 4.50. The van der Waals surface area contributed by atoms with Crippen molar-refractivity contribution in [2.45, 2.75) is 0 Å². The molecule has 0 atom stereocenters. The highest BCUT2D eigenvalue weighted by atomic mass is 35.5. The molecule has 4 aromatic rings. The molecule has 8 nitrogen and oxygen atoms in total. The molecule has 4 rings (SSSR count). The zero-order valence-electron chi connectivity index (χ0n) is 13.8. The number of carboxylic acid groups (broad SMARTS) is 1. The van der Waals surface area contributed by atoms with E-state index in [0.717, 1.165) is 11.1 Å². The summed E-state index contributed by atoms with van der Waals surface area (Å²) in [5, 5.41) is 9.03. The lowest BCUT2D eigenvalue weighted by molar-refractivity contribution is 0.0696. The van der Waals surface area contributed by atoms with Crippen molar-refractivity contribution in [1.82, 2.24) is 15.0 Å². The Hall–Kier alpha value is -3.65. The number of hydrogen-bond donors (Lipinski definition) is 3. The van der Waals surface area contributed by atoms with Crippen LogP contribution in [0.3, 0.4) is 0 Å². The van der Waals surface area contributed by atoms with Gasteiger partial charge in [0, 0.05) is 17.4 Å². The number of carboxylic acids is 1. The number of hydrogen-bond acceptors (Lipinski definition) is 7. The van der Waals surface area contributed by atoms with Crippen LogP contribution >= 0.6 is 11.6 Å². The van der Waals surface area contributed by atoms with E-state index in [1.165, 1.54) is 18.3 Å². The first kappa shape index (κ1) is 18.2. The highest BCUT2D eigenvalue weighted by Crippen LogP contribution is 2.25. The second-order valence-corrected chi connectivity index (χ2v) is 5.82. The minimum Gasteiger partial charge on any atom is -0.478 e. The van der Waals surface area contributed by atoms with Crippen LogP contribution < -0.4 is 11.5 Å². The first-order valence-corrected chi connectivity index (χ1v) is 8.03. The third-order valence-corrected chi connectivity index (χ3v) is 3.65. The van der Waals surface area contributed by atoms with Gasteiger partial charge in [0.1, 0.15) is 17.2 Å². The maximum atomic E-state index is 10.2. The average Bonchev–Trinajstić information content (AvgIpc) is 3.06. The van der Waals surface area contributed by atoms with Crippen molar-refractivity contribution in [2.24, 2.45) is 0 Å². The van der Waals surface area contributed by atoms with Crippen LogP contribution in [0.2, 0.25) is 5.02 Å². The molecule has 0 saturated heterocycles. The molecular formula is C18H14ClN5O3. The zero-order valence-corrected chi connectivity index (χ0v) is 14.6. The Bertz CT molecular complexity index is 1080. The van der Waals surface area contributed by atoms with E-state index in [4.69, 9.17) is 32.6 Å². The van der Waals surface area contributed by atoms with Crippen LogP contribution in [0.1, 0.15) is 10.4 Å². The molecule has 136 valence electrons. The molecular weight excluding hydrogens is 370 g/mol. The van der Waals surface area contributed by atoms with Gasteiger partial charge in [0.2, 0.25) is 5.89 Å². The van der Waals surface area contributed by atoms with Crippen LogP contribution in [0.15, 0.2) is 59.3 Å². The van der Waals surface area contributed by atoms with E-state index >= 15 is 0 Å². The largest absolute Gasteiger partial charge is 0.478 e. The van der Waals surface area contributed by atoms with E-state index in [1.807, 2.05) is 6.07 Å². The fraction of sp³-hybridized carbons (Fsp3) is 0. The second-order valence-electron chi connectivity index (χ2n) is 5.38. The molecule has 0 amide bonds. The Labute approximate surface area is 158 Å². The van der Waals surface area contributed by atoms with Gasteiger partial charge in [-0.3, -0.25) is 0 Å². The summed E-state index contributed by atoms with van der Waals surface area (Å²) >= 11 is 5.88. The standard InChI is InChI=1S/C12H8ClN3O.C6H6N2O2/c13-8-2-3-10-9(5-8)16-12(17-10)7-1-4-11(14)15-6-7;7-5-2-1-4(3-8-5)6(9)10/h1-6H,(H2,14,15);1-3H,(H2,7,8)(H,9,10). The summed E-state index contributed by atoms with van der Waals surface area (Å²) in [6.45, 7) is 0. The molecule has 0 unspecified atom stereocenters. The van der Waals surface area contributed by atoms with Gasteiger partial charge in [-0.1, -0.05) is 11.6 Å². The van der Waals surface area contributed by atoms with Crippen molar-refractivity contribution in [3.05, 3.63) is 65.4 Å². The SMILES string of the molecule is Nc1ccc(-c2nc3cc(Cl)ccc3o2)cn1.Nc1ccc(C(=O)O)cn1. The smallest absolute Gasteiger partial charge is 0.337 e. The summed E-state index contributed by atoms with van der Waals surface area (Å²) in [7, 11) is 0. The lowest BCUT2D eigenvalue weighted by Crippen LogP contribution is -1.98. The second kappa shape index (κ2) is 7.71. The number of rotatable bonds is 2. The van der Waals surface area contributed by atoms with Gasteiger partial charge in [0.05, 0.1) is 11.1 Å². The number of fused-ring (bicyclic) bond motifs is 1. The first-order chi connectivity index (χ1) is 12.9. The highest BCUT2D eigenvalue weighted by Gasteiger charge is 2.08. The summed E-state index contributed by atoms with van der Waals surface area (Å²) in [5.74, 6) is 0.306. The van der Waals surface area contributed by atoms with Crippen molar-refractivity contribution in [3.8, 4) is 11.5 Å². The molecule has 0 aliphatic carbocycles. The van der Waals surface area contributed by atoms with Crippen LogP contribution in [0.5, 0.6) is 0 Å². The summed E-state index contributed by atoms with van der Waals surface area (Å²) in [6.07, 6.45) is 2.85. The minimum atomic E-state index is -0.993. The van der Waals surface area contributed by atoms with Crippen molar-refractivity contribution in [3.63, 3.8) is 0 Å². The number of aromatic nitrogens is 3. The quantitative estimate of drug-likeness (QED) is 0.477. The monoisotopic (exact) mass is 383 g/mol. The fourth-order valence-corrected chi connectivity index (χ4v) is 2.25. The molecule has 9 heteroatoms. The van der Waals surface area contributed by atoms with E-state index < -0.39 is 5.97 Å². The first-order valence-electron chi connectivity index (χ1n) is 7.65. The number of aromatic carboxylic acids is 1.